The third kappa shape index (κ3) is 2.18. The molecule has 3 aromatic carbocycles. The Morgan fingerprint density at radius 2 is 1.30 bits per heavy atom. The zero-order valence-corrected chi connectivity index (χ0v) is 14.0. The zero-order chi connectivity index (χ0) is 15.8. The standard InChI is InChI=1S/C20H17O2P/c1-21-17-12-16-15-10-6-7-11-19(15)23(14-8-4-3-5-9-14)20(16)13-18(17)22-2/h3-13H,1-2H3. The lowest BCUT2D eigenvalue weighted by molar-refractivity contribution is 0.356. The van der Waals surface area contributed by atoms with Gasteiger partial charge in [-0.05, 0) is 28.2 Å². The summed E-state index contributed by atoms with van der Waals surface area (Å²) < 4.78 is 11.0. The summed E-state index contributed by atoms with van der Waals surface area (Å²) in [4.78, 5) is 0. The molecule has 23 heavy (non-hydrogen) atoms. The zero-order valence-electron chi connectivity index (χ0n) is 13.1. The lowest BCUT2D eigenvalue weighted by atomic mass is 10.1. The molecule has 0 spiro atoms. The summed E-state index contributed by atoms with van der Waals surface area (Å²) in [5.41, 5.74) is 0. The second-order valence-electron chi connectivity index (χ2n) is 5.41. The Morgan fingerprint density at radius 1 is 0.652 bits per heavy atom. The molecule has 0 N–H and O–H groups in total. The molecule has 4 aromatic rings. The second kappa shape index (κ2) is 5.64. The lowest BCUT2D eigenvalue weighted by Crippen LogP contribution is -1.89. The third-order valence-corrected chi connectivity index (χ3v) is 6.73. The Kier molecular flexibility index (Phi) is 3.48. The summed E-state index contributed by atoms with van der Waals surface area (Å²) in [7, 11) is 2.83. The fourth-order valence-electron chi connectivity index (χ4n) is 3.15. The normalized spacial score (nSPS) is 11.8. The Hall–Kier alpha value is -2.44. The van der Waals surface area contributed by atoms with Crippen molar-refractivity contribution in [2.75, 3.05) is 14.2 Å². The number of hydrogen-bond donors (Lipinski definition) is 0. The minimum absolute atomic E-state index is 0.547. The smallest absolute Gasteiger partial charge is 0.161 e. The number of rotatable bonds is 3. The first-order chi connectivity index (χ1) is 11.3. The van der Waals surface area contributed by atoms with Crippen molar-refractivity contribution in [1.82, 2.24) is 0 Å². The summed E-state index contributed by atoms with van der Waals surface area (Å²) >= 11 is 0. The fourth-order valence-corrected chi connectivity index (χ4v) is 5.78. The molecule has 0 saturated heterocycles. The summed E-state index contributed by atoms with van der Waals surface area (Å²) in [6, 6.07) is 23.6. The summed E-state index contributed by atoms with van der Waals surface area (Å²) in [5.74, 6) is 1.58. The highest BCUT2D eigenvalue weighted by atomic mass is 31.1. The van der Waals surface area contributed by atoms with Crippen molar-refractivity contribution in [2.45, 2.75) is 0 Å². The van der Waals surface area contributed by atoms with Gasteiger partial charge in [-0.3, -0.25) is 0 Å². The van der Waals surface area contributed by atoms with Gasteiger partial charge in [0.2, 0.25) is 0 Å². The van der Waals surface area contributed by atoms with E-state index >= 15 is 0 Å². The second-order valence-corrected chi connectivity index (χ2v) is 7.56. The van der Waals surface area contributed by atoms with Crippen LogP contribution in [0.2, 0.25) is 0 Å². The fraction of sp³-hybridized carbons (Fsp3) is 0.100. The van der Waals surface area contributed by atoms with Crippen molar-refractivity contribution < 1.29 is 9.47 Å². The van der Waals surface area contributed by atoms with Crippen LogP contribution in [0.4, 0.5) is 0 Å². The maximum atomic E-state index is 5.53. The van der Waals surface area contributed by atoms with Gasteiger partial charge in [-0.15, -0.1) is 0 Å². The van der Waals surface area contributed by atoms with Crippen molar-refractivity contribution in [3.63, 3.8) is 0 Å². The number of benzene rings is 3. The van der Waals surface area contributed by atoms with Crippen molar-refractivity contribution in [3.05, 3.63) is 66.7 Å². The average molecular weight is 320 g/mol. The number of hydrogen-bond acceptors (Lipinski definition) is 2. The highest BCUT2D eigenvalue weighted by molar-refractivity contribution is 7.67. The monoisotopic (exact) mass is 320 g/mol. The van der Waals surface area contributed by atoms with Crippen molar-refractivity contribution in [2.24, 2.45) is 0 Å². The average Bonchev–Trinajstić information content (AvgIpc) is 2.94. The molecule has 0 fully saturated rings. The maximum Gasteiger partial charge on any atom is 0.161 e. The van der Waals surface area contributed by atoms with Gasteiger partial charge < -0.3 is 9.47 Å². The maximum absolute atomic E-state index is 5.53. The minimum atomic E-state index is -0.547. The van der Waals surface area contributed by atoms with Gasteiger partial charge in [-0.2, -0.15) is 0 Å². The molecule has 0 amide bonds. The van der Waals surface area contributed by atoms with Crippen LogP contribution >= 0.6 is 7.53 Å². The van der Waals surface area contributed by atoms with Crippen LogP contribution < -0.4 is 9.47 Å². The van der Waals surface area contributed by atoms with E-state index in [1.165, 1.54) is 26.3 Å². The molecule has 0 radical (unpaired) electrons. The molecular weight excluding hydrogens is 303 g/mol. The van der Waals surface area contributed by atoms with Crippen LogP contribution in [0.3, 0.4) is 0 Å². The van der Waals surface area contributed by atoms with E-state index in [2.05, 4.69) is 66.7 Å². The van der Waals surface area contributed by atoms with E-state index in [4.69, 9.17) is 9.47 Å². The van der Waals surface area contributed by atoms with Gasteiger partial charge in [0.25, 0.3) is 0 Å². The van der Waals surface area contributed by atoms with Gasteiger partial charge >= 0.3 is 0 Å². The molecular formula is C20H17O2P. The Morgan fingerprint density at radius 3 is 2.04 bits per heavy atom. The number of fused-ring (bicyclic) bond motifs is 3. The molecule has 3 heteroatoms. The van der Waals surface area contributed by atoms with Gasteiger partial charge in [0, 0.05) is 10.2 Å². The highest BCUT2D eigenvalue weighted by Crippen LogP contribution is 2.56. The first-order valence-corrected chi connectivity index (χ1v) is 8.88. The quantitative estimate of drug-likeness (QED) is 0.462. The Bertz CT molecular complexity index is 987. The van der Waals surface area contributed by atoms with E-state index in [1.54, 1.807) is 14.2 Å². The first kappa shape index (κ1) is 14.2. The van der Waals surface area contributed by atoms with Gasteiger partial charge in [0.05, 0.1) is 14.2 Å². The molecule has 1 aromatic heterocycles. The van der Waals surface area contributed by atoms with E-state index in [9.17, 15) is 0 Å². The predicted octanol–water partition coefficient (Wildman–Crippen LogP) is 5.99. The molecule has 0 aliphatic rings. The topological polar surface area (TPSA) is 18.5 Å². The van der Waals surface area contributed by atoms with Crippen LogP contribution in [-0.4, -0.2) is 14.2 Å². The highest BCUT2D eigenvalue weighted by Gasteiger charge is 2.16. The molecule has 0 bridgehead atoms. The molecule has 114 valence electrons. The van der Waals surface area contributed by atoms with Crippen LogP contribution in [0.1, 0.15) is 0 Å². The van der Waals surface area contributed by atoms with E-state index in [-0.39, 0.29) is 0 Å². The van der Waals surface area contributed by atoms with Gasteiger partial charge in [0.1, 0.15) is 0 Å². The van der Waals surface area contributed by atoms with E-state index in [1.807, 2.05) is 0 Å². The number of ether oxygens (including phenoxy) is 2. The summed E-state index contributed by atoms with van der Waals surface area (Å²) in [6.45, 7) is 0. The van der Waals surface area contributed by atoms with Crippen molar-refractivity contribution >= 4 is 28.5 Å². The molecule has 4 rings (SSSR count). The van der Waals surface area contributed by atoms with Crippen LogP contribution in [0, 0.1) is 0 Å². The minimum Gasteiger partial charge on any atom is -0.493 e. The van der Waals surface area contributed by atoms with Crippen LogP contribution in [0.15, 0.2) is 66.7 Å². The summed E-state index contributed by atoms with van der Waals surface area (Å²) in [6.07, 6.45) is 0. The van der Waals surface area contributed by atoms with Gasteiger partial charge in [0.15, 0.2) is 11.5 Å². The van der Waals surface area contributed by atoms with Crippen molar-refractivity contribution in [3.8, 4) is 16.8 Å². The van der Waals surface area contributed by atoms with E-state index in [0.29, 0.717) is 0 Å². The Balaban J connectivity index is 2.18. The third-order valence-electron chi connectivity index (χ3n) is 4.19. The molecule has 0 aliphatic heterocycles. The molecule has 0 aliphatic carbocycles. The number of methoxy groups -OCH3 is 2. The Labute approximate surface area is 136 Å². The van der Waals surface area contributed by atoms with E-state index < -0.39 is 7.53 Å². The molecule has 1 heterocycles. The molecule has 1 atom stereocenters. The first-order valence-electron chi connectivity index (χ1n) is 7.54. The lowest BCUT2D eigenvalue weighted by Gasteiger charge is -2.09. The van der Waals surface area contributed by atoms with Crippen LogP contribution in [0.25, 0.3) is 26.3 Å². The van der Waals surface area contributed by atoms with E-state index in [0.717, 1.165) is 11.5 Å². The molecule has 1 unspecified atom stereocenters. The molecule has 2 nitrogen and oxygen atoms in total. The summed E-state index contributed by atoms with van der Waals surface area (Å²) in [5, 5.41) is 6.66. The van der Waals surface area contributed by atoms with Gasteiger partial charge in [-0.25, -0.2) is 0 Å². The van der Waals surface area contributed by atoms with Gasteiger partial charge in [-0.1, -0.05) is 62.1 Å². The SMILES string of the molecule is COc1cc2c3ccccc3p(-c3ccccc3)c2cc1OC. The van der Waals surface area contributed by atoms with Crippen molar-refractivity contribution in [1.29, 1.82) is 0 Å². The largest absolute Gasteiger partial charge is 0.493 e. The van der Waals surface area contributed by atoms with Crippen LogP contribution in [-0.2, 0) is 0 Å². The van der Waals surface area contributed by atoms with Crippen LogP contribution in [0.5, 0.6) is 11.5 Å². The molecule has 0 saturated carbocycles. The predicted molar refractivity (Wildman–Crippen MR) is 98.6 cm³/mol.